The summed E-state index contributed by atoms with van der Waals surface area (Å²) in [6.45, 7) is 0. The molecule has 1 aliphatic carbocycles. The molecule has 2 nitrogen and oxygen atoms in total. The largest absolute Gasteiger partial charge is 0.392 e. The molecule has 0 aromatic carbocycles. The lowest BCUT2D eigenvalue weighted by Gasteiger charge is -2.19. The summed E-state index contributed by atoms with van der Waals surface area (Å²) in [5.74, 6) is 0. The molecule has 0 aromatic rings. The first-order valence-corrected chi connectivity index (χ1v) is 4.97. The molecule has 10 heavy (non-hydrogen) atoms. The van der Waals surface area contributed by atoms with Gasteiger partial charge in [-0.05, 0) is 5.54 Å². The second-order valence-electron chi connectivity index (χ2n) is 2.89. The molecule has 0 spiro atoms. The van der Waals surface area contributed by atoms with Crippen molar-refractivity contribution in [3.63, 3.8) is 0 Å². The van der Waals surface area contributed by atoms with Crippen LogP contribution in [0.2, 0.25) is 5.54 Å². The number of nitrogens with one attached hydrogen (secondary N) is 1. The van der Waals surface area contributed by atoms with E-state index in [0.717, 1.165) is 5.54 Å². The molecular weight excluding hydrogens is 140 g/mol. The molecule has 3 N–H and O–H groups in total. The van der Waals surface area contributed by atoms with E-state index in [-0.39, 0.29) is 0 Å². The van der Waals surface area contributed by atoms with Crippen LogP contribution in [0.3, 0.4) is 0 Å². The third-order valence-corrected chi connectivity index (χ3v) is 3.26. The van der Waals surface area contributed by atoms with Crippen molar-refractivity contribution in [1.29, 1.82) is 5.41 Å². The fraction of sp³-hybridized carbons (Fsp3) is 0.857. The first-order chi connectivity index (χ1) is 4.79. The second-order valence-corrected chi connectivity index (χ2v) is 4.54. The molecule has 1 saturated carbocycles. The zero-order chi connectivity index (χ0) is 7.40. The van der Waals surface area contributed by atoms with E-state index >= 15 is 0 Å². The van der Waals surface area contributed by atoms with Gasteiger partial charge < -0.3 is 5.73 Å². The summed E-state index contributed by atoms with van der Waals surface area (Å²) in [6.07, 6.45) is 6.70. The SMILES string of the molecule is N=C(N)[Si]C1CCCCC1. The number of hydrogen-bond acceptors (Lipinski definition) is 1. The van der Waals surface area contributed by atoms with Crippen molar-refractivity contribution in [1.82, 2.24) is 0 Å². The zero-order valence-corrected chi connectivity index (χ0v) is 7.19. The maximum absolute atomic E-state index is 7.12. The highest BCUT2D eigenvalue weighted by Gasteiger charge is 2.14. The lowest BCUT2D eigenvalue weighted by molar-refractivity contribution is 0.502. The van der Waals surface area contributed by atoms with Crippen LogP contribution in [0.25, 0.3) is 0 Å². The molecule has 3 heteroatoms. The molecule has 1 rings (SSSR count). The zero-order valence-electron chi connectivity index (χ0n) is 6.19. The molecule has 0 bridgehead atoms. The first kappa shape index (κ1) is 7.79. The van der Waals surface area contributed by atoms with Gasteiger partial charge in [-0.1, -0.05) is 32.1 Å². The first-order valence-electron chi connectivity index (χ1n) is 3.89. The molecule has 0 amide bonds. The number of hydrogen-bond donors (Lipinski definition) is 2. The van der Waals surface area contributed by atoms with Crippen LogP contribution in [0.15, 0.2) is 0 Å². The van der Waals surface area contributed by atoms with Gasteiger partial charge in [-0.25, -0.2) is 0 Å². The Kier molecular flexibility index (Phi) is 2.93. The molecule has 0 atom stereocenters. The highest BCUT2D eigenvalue weighted by Crippen LogP contribution is 2.27. The quantitative estimate of drug-likeness (QED) is 0.352. The Morgan fingerprint density at radius 3 is 2.40 bits per heavy atom. The van der Waals surface area contributed by atoms with Crippen molar-refractivity contribution in [2.75, 3.05) is 0 Å². The minimum atomic E-state index is 0.395. The molecule has 2 radical (unpaired) electrons. The molecule has 0 saturated heterocycles. The van der Waals surface area contributed by atoms with Gasteiger partial charge in [-0.15, -0.1) is 0 Å². The van der Waals surface area contributed by atoms with E-state index in [1.54, 1.807) is 0 Å². The summed E-state index contributed by atoms with van der Waals surface area (Å²) < 4.78 is 0. The standard InChI is InChI=1S/C7H14N2Si/c8-7(9)10-6-4-2-1-3-5-6/h6H,1-5H2,(H3,8,9). The van der Waals surface area contributed by atoms with Crippen LogP contribution in [0.4, 0.5) is 0 Å². The van der Waals surface area contributed by atoms with E-state index in [0.29, 0.717) is 15.0 Å². The molecular formula is C7H14N2Si. The van der Waals surface area contributed by atoms with E-state index < -0.39 is 0 Å². The summed E-state index contributed by atoms with van der Waals surface area (Å²) in [6, 6.07) is 0. The normalized spacial score (nSPS) is 20.8. The van der Waals surface area contributed by atoms with Gasteiger partial charge in [0, 0.05) is 0 Å². The van der Waals surface area contributed by atoms with E-state index in [2.05, 4.69) is 0 Å². The van der Waals surface area contributed by atoms with Gasteiger partial charge in [0.1, 0.15) is 9.52 Å². The van der Waals surface area contributed by atoms with E-state index in [1.165, 1.54) is 32.1 Å². The van der Waals surface area contributed by atoms with Crippen LogP contribution >= 0.6 is 0 Å². The fourth-order valence-corrected chi connectivity index (χ4v) is 2.60. The maximum atomic E-state index is 7.12. The van der Waals surface area contributed by atoms with Gasteiger partial charge in [0.05, 0.1) is 5.46 Å². The molecule has 1 fully saturated rings. The molecule has 0 heterocycles. The Balaban J connectivity index is 2.19. The third kappa shape index (κ3) is 2.52. The molecule has 0 aromatic heterocycles. The Morgan fingerprint density at radius 1 is 1.30 bits per heavy atom. The molecule has 1 aliphatic rings. The lowest BCUT2D eigenvalue weighted by atomic mass is 10.0. The van der Waals surface area contributed by atoms with Crippen molar-refractivity contribution >= 4 is 15.0 Å². The molecule has 0 unspecified atom stereocenters. The van der Waals surface area contributed by atoms with Gasteiger partial charge in [0.25, 0.3) is 0 Å². The van der Waals surface area contributed by atoms with Crippen LogP contribution in [0.1, 0.15) is 32.1 Å². The third-order valence-electron chi connectivity index (χ3n) is 1.96. The van der Waals surface area contributed by atoms with Crippen molar-refractivity contribution in [2.24, 2.45) is 5.73 Å². The van der Waals surface area contributed by atoms with E-state index in [4.69, 9.17) is 11.1 Å². The molecule has 56 valence electrons. The Labute approximate surface area is 64.5 Å². The van der Waals surface area contributed by atoms with Gasteiger partial charge >= 0.3 is 0 Å². The number of amidine groups is 1. The smallest absolute Gasteiger partial charge is 0.134 e. The van der Waals surface area contributed by atoms with Crippen molar-refractivity contribution in [3.8, 4) is 0 Å². The average Bonchev–Trinajstić information content (AvgIpc) is 1.88. The summed E-state index contributed by atoms with van der Waals surface area (Å²) in [7, 11) is 0.599. The van der Waals surface area contributed by atoms with E-state index in [1.807, 2.05) is 0 Å². The van der Waals surface area contributed by atoms with Crippen LogP contribution in [-0.4, -0.2) is 15.0 Å². The monoisotopic (exact) mass is 154 g/mol. The van der Waals surface area contributed by atoms with Crippen LogP contribution in [0, 0.1) is 5.41 Å². The Bertz CT molecular complexity index is 119. The van der Waals surface area contributed by atoms with Gasteiger partial charge in [0.15, 0.2) is 0 Å². The van der Waals surface area contributed by atoms with Crippen molar-refractivity contribution in [2.45, 2.75) is 37.6 Å². The summed E-state index contributed by atoms with van der Waals surface area (Å²) >= 11 is 0. The Morgan fingerprint density at radius 2 is 1.90 bits per heavy atom. The predicted octanol–water partition coefficient (Wildman–Crippen LogP) is 1.34. The summed E-state index contributed by atoms with van der Waals surface area (Å²) in [5.41, 5.74) is 6.47. The van der Waals surface area contributed by atoms with Gasteiger partial charge in [-0.3, -0.25) is 5.41 Å². The lowest BCUT2D eigenvalue weighted by Crippen LogP contribution is -2.24. The molecule has 0 aliphatic heterocycles. The van der Waals surface area contributed by atoms with Crippen molar-refractivity contribution < 1.29 is 0 Å². The van der Waals surface area contributed by atoms with Crippen LogP contribution in [0.5, 0.6) is 0 Å². The minimum Gasteiger partial charge on any atom is -0.392 e. The second kappa shape index (κ2) is 3.76. The minimum absolute atomic E-state index is 0.395. The highest BCUT2D eigenvalue weighted by molar-refractivity contribution is 6.74. The Hall–Kier alpha value is -0.313. The van der Waals surface area contributed by atoms with Crippen molar-refractivity contribution in [3.05, 3.63) is 0 Å². The van der Waals surface area contributed by atoms with Gasteiger partial charge in [-0.2, -0.15) is 0 Å². The fourth-order valence-electron chi connectivity index (χ4n) is 1.47. The predicted molar refractivity (Wildman–Crippen MR) is 44.5 cm³/mol. The van der Waals surface area contributed by atoms with Gasteiger partial charge in [0.2, 0.25) is 0 Å². The van der Waals surface area contributed by atoms with Crippen LogP contribution < -0.4 is 5.73 Å². The number of rotatable bonds is 2. The number of nitrogens with two attached hydrogens (primary N) is 1. The average molecular weight is 154 g/mol. The summed E-state index contributed by atoms with van der Waals surface area (Å²) in [5, 5.41) is 7.12. The summed E-state index contributed by atoms with van der Waals surface area (Å²) in [4.78, 5) is 0. The highest BCUT2D eigenvalue weighted by atomic mass is 28.2. The van der Waals surface area contributed by atoms with E-state index in [9.17, 15) is 0 Å². The maximum Gasteiger partial charge on any atom is 0.134 e. The van der Waals surface area contributed by atoms with Crippen LogP contribution in [-0.2, 0) is 0 Å². The topological polar surface area (TPSA) is 49.9 Å².